The van der Waals surface area contributed by atoms with E-state index in [1.165, 1.54) is 12.1 Å². The zero-order valence-corrected chi connectivity index (χ0v) is 13.1. The van der Waals surface area contributed by atoms with Crippen molar-refractivity contribution in [3.8, 4) is 0 Å². The lowest BCUT2D eigenvalue weighted by molar-refractivity contribution is -0.145. The molecule has 1 heterocycles. The van der Waals surface area contributed by atoms with Crippen LogP contribution in [0.3, 0.4) is 0 Å². The molecule has 0 radical (unpaired) electrons. The number of amides is 1. The van der Waals surface area contributed by atoms with Crippen molar-refractivity contribution in [2.75, 3.05) is 19.8 Å². The van der Waals surface area contributed by atoms with Crippen LogP contribution >= 0.6 is 0 Å². The van der Waals surface area contributed by atoms with Crippen LogP contribution in [0.1, 0.15) is 31.2 Å². The van der Waals surface area contributed by atoms with Crippen molar-refractivity contribution in [3.63, 3.8) is 0 Å². The Balaban J connectivity index is 1.94. The van der Waals surface area contributed by atoms with E-state index in [0.29, 0.717) is 31.6 Å². The van der Waals surface area contributed by atoms with E-state index >= 15 is 0 Å². The molecule has 0 aromatic heterocycles. The third kappa shape index (κ3) is 4.76. The Kier molecular flexibility index (Phi) is 6.10. The molecule has 0 aliphatic carbocycles. The van der Waals surface area contributed by atoms with Crippen LogP contribution < -0.4 is 5.32 Å². The topological polar surface area (TPSA) is 75.6 Å². The van der Waals surface area contributed by atoms with Gasteiger partial charge in [0.2, 0.25) is 5.91 Å². The molecule has 0 saturated carbocycles. The van der Waals surface area contributed by atoms with Gasteiger partial charge in [0.1, 0.15) is 5.82 Å². The van der Waals surface area contributed by atoms with Crippen molar-refractivity contribution in [3.05, 3.63) is 35.6 Å². The third-order valence-corrected chi connectivity index (χ3v) is 4.39. The maximum atomic E-state index is 13.2. The van der Waals surface area contributed by atoms with Crippen LogP contribution in [0.5, 0.6) is 0 Å². The quantitative estimate of drug-likeness (QED) is 0.841. The van der Waals surface area contributed by atoms with Gasteiger partial charge in [0.05, 0.1) is 11.8 Å². The summed E-state index contributed by atoms with van der Waals surface area (Å²) < 4.78 is 18.5. The number of hydrogen-bond acceptors (Lipinski definition) is 3. The highest BCUT2D eigenvalue weighted by Gasteiger charge is 2.30. The van der Waals surface area contributed by atoms with Gasteiger partial charge in [-0.3, -0.25) is 9.59 Å². The minimum atomic E-state index is -0.907. The minimum absolute atomic E-state index is 0.00558. The van der Waals surface area contributed by atoms with Crippen molar-refractivity contribution in [1.82, 2.24) is 5.32 Å². The van der Waals surface area contributed by atoms with E-state index in [1.54, 1.807) is 19.1 Å². The second kappa shape index (κ2) is 8.06. The van der Waals surface area contributed by atoms with E-state index in [-0.39, 0.29) is 18.4 Å². The van der Waals surface area contributed by atoms with Crippen LogP contribution in [-0.2, 0) is 14.3 Å². The van der Waals surface area contributed by atoms with Crippen LogP contribution in [-0.4, -0.2) is 36.7 Å². The number of carbonyl (C=O) groups is 2. The van der Waals surface area contributed by atoms with Gasteiger partial charge in [-0.05, 0) is 43.4 Å². The predicted octanol–water partition coefficient (Wildman–Crippen LogP) is 2.17. The molecule has 2 N–H and O–H groups in total. The molecule has 1 fully saturated rings. The lowest BCUT2D eigenvalue weighted by Gasteiger charge is -2.28. The first-order valence-corrected chi connectivity index (χ1v) is 7.82. The van der Waals surface area contributed by atoms with Crippen LogP contribution in [0, 0.1) is 17.7 Å². The maximum absolute atomic E-state index is 13.2. The average Bonchev–Trinajstić information content (AvgIpc) is 2.55. The summed E-state index contributed by atoms with van der Waals surface area (Å²) in [6.07, 6.45) is 1.37. The molecule has 1 aliphatic heterocycles. The lowest BCUT2D eigenvalue weighted by atomic mass is 9.86. The van der Waals surface area contributed by atoms with E-state index in [0.717, 1.165) is 0 Å². The number of benzene rings is 1. The summed E-state index contributed by atoms with van der Waals surface area (Å²) in [5, 5.41) is 12.1. The molecule has 1 aromatic rings. The smallest absolute Gasteiger partial charge is 0.308 e. The summed E-state index contributed by atoms with van der Waals surface area (Å²) in [4.78, 5) is 23.7. The summed E-state index contributed by atoms with van der Waals surface area (Å²) in [6.45, 7) is 2.87. The van der Waals surface area contributed by atoms with E-state index in [2.05, 4.69) is 5.32 Å². The molecule has 0 spiro atoms. The maximum Gasteiger partial charge on any atom is 0.308 e. The summed E-state index contributed by atoms with van der Waals surface area (Å²) in [7, 11) is 0. The van der Waals surface area contributed by atoms with E-state index in [1.807, 2.05) is 0 Å². The molecule has 5 nitrogen and oxygen atoms in total. The molecular formula is C17H22FNO4. The highest BCUT2D eigenvalue weighted by atomic mass is 19.1. The van der Waals surface area contributed by atoms with E-state index in [4.69, 9.17) is 4.74 Å². The van der Waals surface area contributed by atoms with E-state index in [9.17, 15) is 19.1 Å². The number of carbonyl (C=O) groups excluding carboxylic acids is 1. The second-order valence-electron chi connectivity index (χ2n) is 5.92. The largest absolute Gasteiger partial charge is 0.481 e. The fourth-order valence-corrected chi connectivity index (χ4v) is 2.86. The molecule has 2 atom stereocenters. The Bertz CT molecular complexity index is 557. The summed E-state index contributed by atoms with van der Waals surface area (Å²) in [6, 6.07) is 5.87. The number of carboxylic acid groups (broad SMARTS) is 1. The fourth-order valence-electron chi connectivity index (χ4n) is 2.86. The van der Waals surface area contributed by atoms with E-state index < -0.39 is 23.6 Å². The van der Waals surface area contributed by atoms with Gasteiger partial charge in [-0.25, -0.2) is 4.39 Å². The fraction of sp³-hybridized carbons (Fsp3) is 0.529. The second-order valence-corrected chi connectivity index (χ2v) is 5.92. The van der Waals surface area contributed by atoms with Crippen molar-refractivity contribution in [2.24, 2.45) is 11.8 Å². The normalized spacial score (nSPS) is 18.2. The van der Waals surface area contributed by atoms with Crippen molar-refractivity contribution >= 4 is 11.9 Å². The number of nitrogens with one attached hydrogen (secondary N) is 1. The van der Waals surface area contributed by atoms with Gasteiger partial charge in [0.15, 0.2) is 0 Å². The molecule has 6 heteroatoms. The molecule has 23 heavy (non-hydrogen) atoms. The van der Waals surface area contributed by atoms with Gasteiger partial charge >= 0.3 is 5.97 Å². The van der Waals surface area contributed by atoms with Gasteiger partial charge in [0, 0.05) is 19.8 Å². The highest BCUT2D eigenvalue weighted by Crippen LogP contribution is 2.24. The monoisotopic (exact) mass is 323 g/mol. The molecule has 1 amide bonds. The molecule has 2 rings (SSSR count). The Morgan fingerprint density at radius 3 is 2.70 bits per heavy atom. The third-order valence-electron chi connectivity index (χ3n) is 4.39. The van der Waals surface area contributed by atoms with Gasteiger partial charge < -0.3 is 15.2 Å². The van der Waals surface area contributed by atoms with Gasteiger partial charge in [-0.15, -0.1) is 0 Å². The summed E-state index contributed by atoms with van der Waals surface area (Å²) in [5.74, 6) is -2.75. The predicted molar refractivity (Wildman–Crippen MR) is 82.5 cm³/mol. The number of carboxylic acids is 1. The zero-order valence-electron chi connectivity index (χ0n) is 13.1. The van der Waals surface area contributed by atoms with Crippen LogP contribution in [0.2, 0.25) is 0 Å². The Morgan fingerprint density at radius 2 is 2.09 bits per heavy atom. The number of aliphatic carboxylic acids is 1. The van der Waals surface area contributed by atoms with Crippen LogP contribution in [0.25, 0.3) is 0 Å². The first kappa shape index (κ1) is 17.4. The number of rotatable bonds is 6. The molecular weight excluding hydrogens is 301 g/mol. The van der Waals surface area contributed by atoms with Crippen LogP contribution in [0.15, 0.2) is 24.3 Å². The van der Waals surface area contributed by atoms with Crippen LogP contribution in [0.4, 0.5) is 4.39 Å². The standard InChI is InChI=1S/C17H22FNO4/c1-11(13-3-2-4-14(18)9-13)16(20)19-10-15(17(21)22)12-5-7-23-8-6-12/h2-4,9,11-12,15H,5-8,10H2,1H3,(H,19,20)(H,21,22). The Hall–Kier alpha value is -1.95. The highest BCUT2D eigenvalue weighted by molar-refractivity contribution is 5.83. The van der Waals surface area contributed by atoms with Gasteiger partial charge in [-0.2, -0.15) is 0 Å². The van der Waals surface area contributed by atoms with Crippen molar-refractivity contribution < 1.29 is 23.8 Å². The number of hydrogen-bond donors (Lipinski definition) is 2. The molecule has 2 unspecified atom stereocenters. The molecule has 126 valence electrons. The first-order valence-electron chi connectivity index (χ1n) is 7.82. The number of ether oxygens (including phenoxy) is 1. The Morgan fingerprint density at radius 1 is 1.39 bits per heavy atom. The SMILES string of the molecule is CC(C(=O)NCC(C(=O)O)C1CCOCC1)c1cccc(F)c1. The summed E-state index contributed by atoms with van der Waals surface area (Å²) in [5.41, 5.74) is 0.570. The van der Waals surface area contributed by atoms with Crippen molar-refractivity contribution in [1.29, 1.82) is 0 Å². The lowest BCUT2D eigenvalue weighted by Crippen LogP contribution is -2.40. The molecule has 1 saturated heterocycles. The molecule has 0 bridgehead atoms. The first-order chi connectivity index (χ1) is 11.0. The average molecular weight is 323 g/mol. The Labute approximate surface area is 134 Å². The van der Waals surface area contributed by atoms with Gasteiger partial charge in [0.25, 0.3) is 0 Å². The molecule has 1 aromatic carbocycles. The zero-order chi connectivity index (χ0) is 16.8. The number of halogens is 1. The van der Waals surface area contributed by atoms with Gasteiger partial charge in [-0.1, -0.05) is 12.1 Å². The summed E-state index contributed by atoms with van der Waals surface area (Å²) >= 11 is 0. The minimum Gasteiger partial charge on any atom is -0.481 e. The van der Waals surface area contributed by atoms with Crippen molar-refractivity contribution in [2.45, 2.75) is 25.7 Å². The molecule has 1 aliphatic rings.